The fourth-order valence-electron chi connectivity index (χ4n) is 1.70. The second-order valence-corrected chi connectivity index (χ2v) is 4.72. The summed E-state index contributed by atoms with van der Waals surface area (Å²) >= 11 is 6.10. The first-order valence-corrected chi connectivity index (χ1v) is 6.60. The molecule has 0 radical (unpaired) electrons. The SMILES string of the molecule is CCC(Cl)c1cn(Cc2nnc(-c3ccco3)o2)nn1. The fourth-order valence-corrected chi connectivity index (χ4v) is 1.80. The molecule has 0 fully saturated rings. The van der Waals surface area contributed by atoms with Gasteiger partial charge < -0.3 is 8.83 Å². The first-order chi connectivity index (χ1) is 9.76. The maximum Gasteiger partial charge on any atom is 0.283 e. The van der Waals surface area contributed by atoms with Crippen LogP contribution in [-0.2, 0) is 6.54 Å². The van der Waals surface area contributed by atoms with Crippen molar-refractivity contribution in [3.63, 3.8) is 0 Å². The number of furan rings is 1. The molecule has 0 saturated carbocycles. The van der Waals surface area contributed by atoms with Gasteiger partial charge in [0.2, 0.25) is 5.89 Å². The Morgan fingerprint density at radius 3 is 3.00 bits per heavy atom. The normalized spacial score (nSPS) is 12.7. The number of hydrogen-bond donors (Lipinski definition) is 0. The number of alkyl halides is 1. The number of aromatic nitrogens is 5. The molecule has 0 aromatic carbocycles. The third kappa shape index (κ3) is 2.57. The average molecular weight is 294 g/mol. The van der Waals surface area contributed by atoms with Crippen LogP contribution in [-0.4, -0.2) is 25.2 Å². The van der Waals surface area contributed by atoms with Crippen LogP contribution >= 0.6 is 11.6 Å². The molecule has 1 atom stereocenters. The highest BCUT2D eigenvalue weighted by Crippen LogP contribution is 2.21. The molecular weight excluding hydrogens is 282 g/mol. The summed E-state index contributed by atoms with van der Waals surface area (Å²) in [6, 6.07) is 3.51. The number of rotatable bonds is 5. The minimum absolute atomic E-state index is 0.134. The zero-order valence-corrected chi connectivity index (χ0v) is 11.5. The zero-order chi connectivity index (χ0) is 13.9. The Morgan fingerprint density at radius 1 is 1.35 bits per heavy atom. The summed E-state index contributed by atoms with van der Waals surface area (Å²) in [7, 11) is 0. The highest BCUT2D eigenvalue weighted by molar-refractivity contribution is 6.20. The standard InChI is InChI=1S/C12H12ClN5O2/c1-2-8(13)9-6-18(17-14-9)7-11-15-16-12(20-11)10-4-3-5-19-10/h3-6,8H,2,7H2,1H3. The van der Waals surface area contributed by atoms with Gasteiger partial charge in [-0.2, -0.15) is 0 Å². The molecule has 1 unspecified atom stereocenters. The predicted octanol–water partition coefficient (Wildman–Crippen LogP) is 2.66. The van der Waals surface area contributed by atoms with Crippen molar-refractivity contribution >= 4 is 11.6 Å². The van der Waals surface area contributed by atoms with Crippen molar-refractivity contribution in [1.29, 1.82) is 0 Å². The van der Waals surface area contributed by atoms with Crippen LogP contribution in [0.25, 0.3) is 11.7 Å². The van der Waals surface area contributed by atoms with Gasteiger partial charge in [0, 0.05) is 0 Å². The van der Waals surface area contributed by atoms with Crippen LogP contribution in [0.2, 0.25) is 0 Å². The number of nitrogens with zero attached hydrogens (tertiary/aromatic N) is 5. The lowest BCUT2D eigenvalue weighted by atomic mass is 10.3. The van der Waals surface area contributed by atoms with Crippen molar-refractivity contribution in [2.75, 3.05) is 0 Å². The summed E-state index contributed by atoms with van der Waals surface area (Å²) in [4.78, 5) is 0. The van der Waals surface area contributed by atoms with Crippen LogP contribution in [0.5, 0.6) is 0 Å². The Bertz CT molecular complexity index is 676. The smallest absolute Gasteiger partial charge is 0.283 e. The Morgan fingerprint density at radius 2 is 2.25 bits per heavy atom. The van der Waals surface area contributed by atoms with Gasteiger partial charge >= 0.3 is 0 Å². The van der Waals surface area contributed by atoms with Gasteiger partial charge in [0.15, 0.2) is 5.76 Å². The summed E-state index contributed by atoms with van der Waals surface area (Å²) in [5.41, 5.74) is 0.736. The molecule has 0 spiro atoms. The monoisotopic (exact) mass is 293 g/mol. The van der Waals surface area contributed by atoms with Gasteiger partial charge in [-0.05, 0) is 18.6 Å². The number of halogens is 1. The minimum Gasteiger partial charge on any atom is -0.459 e. The van der Waals surface area contributed by atoms with E-state index >= 15 is 0 Å². The Hall–Kier alpha value is -2.15. The van der Waals surface area contributed by atoms with Gasteiger partial charge in [-0.15, -0.1) is 26.9 Å². The van der Waals surface area contributed by atoms with Crippen molar-refractivity contribution in [1.82, 2.24) is 25.2 Å². The Kier molecular flexibility index (Phi) is 3.51. The first kappa shape index (κ1) is 12.9. The van der Waals surface area contributed by atoms with Gasteiger partial charge in [-0.1, -0.05) is 12.1 Å². The molecule has 0 amide bonds. The summed E-state index contributed by atoms with van der Waals surface area (Å²) in [5, 5.41) is 15.7. The van der Waals surface area contributed by atoms with Gasteiger partial charge in [0.1, 0.15) is 12.2 Å². The van der Waals surface area contributed by atoms with E-state index in [4.69, 9.17) is 20.4 Å². The molecule has 8 heteroatoms. The van der Waals surface area contributed by atoms with Gasteiger partial charge in [0.05, 0.1) is 17.8 Å². The molecule has 20 heavy (non-hydrogen) atoms. The zero-order valence-electron chi connectivity index (χ0n) is 10.7. The van der Waals surface area contributed by atoms with E-state index in [1.807, 2.05) is 6.92 Å². The van der Waals surface area contributed by atoms with E-state index in [-0.39, 0.29) is 5.38 Å². The van der Waals surface area contributed by atoms with E-state index in [0.717, 1.165) is 12.1 Å². The maximum atomic E-state index is 6.10. The van der Waals surface area contributed by atoms with E-state index in [9.17, 15) is 0 Å². The molecule has 7 nitrogen and oxygen atoms in total. The molecule has 0 saturated heterocycles. The van der Waals surface area contributed by atoms with Crippen molar-refractivity contribution in [2.24, 2.45) is 0 Å². The van der Waals surface area contributed by atoms with Gasteiger partial charge in [-0.25, -0.2) is 4.68 Å². The summed E-state index contributed by atoms with van der Waals surface area (Å²) in [6.07, 6.45) is 4.12. The molecular formula is C12H12ClN5O2. The molecule has 3 rings (SSSR count). The van der Waals surface area contributed by atoms with E-state index in [2.05, 4.69) is 20.5 Å². The molecule has 0 aliphatic heterocycles. The lowest BCUT2D eigenvalue weighted by molar-refractivity contribution is 0.454. The largest absolute Gasteiger partial charge is 0.459 e. The molecule has 3 aromatic rings. The highest BCUT2D eigenvalue weighted by atomic mass is 35.5. The predicted molar refractivity (Wildman–Crippen MR) is 70.0 cm³/mol. The third-order valence-corrected chi connectivity index (χ3v) is 3.26. The molecule has 0 N–H and O–H groups in total. The van der Waals surface area contributed by atoms with Crippen LogP contribution < -0.4 is 0 Å². The van der Waals surface area contributed by atoms with E-state index in [1.165, 1.54) is 0 Å². The summed E-state index contributed by atoms with van der Waals surface area (Å²) < 4.78 is 12.3. The lowest BCUT2D eigenvalue weighted by Crippen LogP contribution is -2.00. The quantitative estimate of drug-likeness (QED) is 0.673. The molecule has 0 aliphatic rings. The molecule has 0 bridgehead atoms. The highest BCUT2D eigenvalue weighted by Gasteiger charge is 2.14. The second-order valence-electron chi connectivity index (χ2n) is 4.20. The van der Waals surface area contributed by atoms with E-state index < -0.39 is 0 Å². The lowest BCUT2D eigenvalue weighted by Gasteiger charge is -1.98. The number of hydrogen-bond acceptors (Lipinski definition) is 6. The second kappa shape index (κ2) is 5.46. The van der Waals surface area contributed by atoms with Crippen molar-refractivity contribution in [2.45, 2.75) is 25.3 Å². The summed E-state index contributed by atoms with van der Waals surface area (Å²) in [6.45, 7) is 2.33. The van der Waals surface area contributed by atoms with E-state index in [1.54, 1.807) is 29.3 Å². The van der Waals surface area contributed by atoms with Crippen LogP contribution in [0, 0.1) is 0 Å². The van der Waals surface area contributed by atoms with Gasteiger partial charge in [0.25, 0.3) is 5.89 Å². The Balaban J connectivity index is 1.73. The summed E-state index contributed by atoms with van der Waals surface area (Å²) in [5.74, 6) is 1.31. The maximum absolute atomic E-state index is 6.10. The van der Waals surface area contributed by atoms with Crippen LogP contribution in [0.15, 0.2) is 33.4 Å². The molecule has 0 aliphatic carbocycles. The van der Waals surface area contributed by atoms with Crippen LogP contribution in [0.3, 0.4) is 0 Å². The minimum atomic E-state index is -0.134. The van der Waals surface area contributed by atoms with Crippen molar-refractivity contribution < 1.29 is 8.83 Å². The molecule has 3 heterocycles. The van der Waals surface area contributed by atoms with E-state index in [0.29, 0.717) is 24.1 Å². The van der Waals surface area contributed by atoms with Gasteiger partial charge in [-0.3, -0.25) is 0 Å². The first-order valence-electron chi connectivity index (χ1n) is 6.16. The van der Waals surface area contributed by atoms with Crippen LogP contribution in [0.4, 0.5) is 0 Å². The molecule has 104 valence electrons. The fraction of sp³-hybridized carbons (Fsp3) is 0.333. The molecule has 3 aromatic heterocycles. The average Bonchev–Trinajstić information content (AvgIpc) is 3.19. The van der Waals surface area contributed by atoms with Crippen LogP contribution in [0.1, 0.15) is 30.3 Å². The van der Waals surface area contributed by atoms with Crippen molar-refractivity contribution in [3.05, 3.63) is 36.2 Å². The van der Waals surface area contributed by atoms with Crippen molar-refractivity contribution in [3.8, 4) is 11.7 Å². The Labute approximate surface area is 119 Å². The third-order valence-electron chi connectivity index (χ3n) is 2.73. The topological polar surface area (TPSA) is 82.8 Å².